The number of rotatable bonds is 2. The fourth-order valence-corrected chi connectivity index (χ4v) is 1.74. The monoisotopic (exact) mass is 255 g/mol. The lowest BCUT2D eigenvalue weighted by atomic mass is 10.1. The number of aryl methyl sites for hydroxylation is 2. The van der Waals surface area contributed by atoms with Crippen molar-refractivity contribution in [3.05, 3.63) is 35.0 Å². The van der Waals surface area contributed by atoms with Crippen molar-refractivity contribution in [2.75, 3.05) is 11.5 Å². The Morgan fingerprint density at radius 1 is 1.21 bits per heavy atom. The number of anilines is 2. The van der Waals surface area contributed by atoms with Crippen molar-refractivity contribution in [2.24, 2.45) is 0 Å². The summed E-state index contributed by atoms with van der Waals surface area (Å²) in [6, 6.07) is 5.57. The van der Waals surface area contributed by atoms with Crippen LogP contribution in [0, 0.1) is 25.2 Å². The standard InChI is InChI=1S/C13H13N5O/c1-7-3-9(5-14)4-8(2)11(7)19-12-10(15)6-17-13(16)18-12/h3-4,6H,15H2,1-2H3,(H2,16,17,18). The number of hydrogen-bond acceptors (Lipinski definition) is 6. The molecule has 0 spiro atoms. The van der Waals surface area contributed by atoms with E-state index in [2.05, 4.69) is 16.0 Å². The number of nitrogens with two attached hydrogens (primary N) is 2. The lowest BCUT2D eigenvalue weighted by Gasteiger charge is -2.12. The van der Waals surface area contributed by atoms with Gasteiger partial charge in [0.15, 0.2) is 0 Å². The van der Waals surface area contributed by atoms with E-state index < -0.39 is 0 Å². The van der Waals surface area contributed by atoms with Crippen molar-refractivity contribution in [3.8, 4) is 17.7 Å². The van der Waals surface area contributed by atoms with Crippen LogP contribution in [-0.4, -0.2) is 9.97 Å². The van der Waals surface area contributed by atoms with Crippen molar-refractivity contribution in [3.63, 3.8) is 0 Å². The number of nitriles is 1. The van der Waals surface area contributed by atoms with Gasteiger partial charge in [-0.3, -0.25) is 0 Å². The van der Waals surface area contributed by atoms with Gasteiger partial charge in [0.05, 0.1) is 17.8 Å². The predicted octanol–water partition coefficient (Wildman–Crippen LogP) is 1.92. The van der Waals surface area contributed by atoms with E-state index in [1.165, 1.54) is 6.20 Å². The van der Waals surface area contributed by atoms with E-state index in [0.717, 1.165) is 11.1 Å². The molecule has 6 heteroatoms. The Balaban J connectivity index is 2.44. The Hall–Kier alpha value is -2.81. The minimum atomic E-state index is 0.0909. The van der Waals surface area contributed by atoms with Crippen LogP contribution >= 0.6 is 0 Å². The molecule has 0 saturated heterocycles. The average Bonchev–Trinajstić information content (AvgIpc) is 2.37. The van der Waals surface area contributed by atoms with Crippen LogP contribution in [0.2, 0.25) is 0 Å². The molecule has 0 unspecified atom stereocenters. The first-order valence-electron chi connectivity index (χ1n) is 5.58. The van der Waals surface area contributed by atoms with Crippen LogP contribution in [-0.2, 0) is 0 Å². The molecule has 6 nitrogen and oxygen atoms in total. The van der Waals surface area contributed by atoms with Crippen LogP contribution in [0.3, 0.4) is 0 Å². The van der Waals surface area contributed by atoms with Gasteiger partial charge in [-0.05, 0) is 37.1 Å². The third kappa shape index (κ3) is 2.55. The Bertz CT molecular complexity index is 652. The maximum Gasteiger partial charge on any atom is 0.247 e. The Kier molecular flexibility index (Phi) is 3.21. The van der Waals surface area contributed by atoms with E-state index >= 15 is 0 Å². The number of benzene rings is 1. The topological polar surface area (TPSA) is 111 Å². The lowest BCUT2D eigenvalue weighted by Crippen LogP contribution is -2.02. The molecule has 0 aliphatic carbocycles. The van der Waals surface area contributed by atoms with Crippen molar-refractivity contribution in [1.82, 2.24) is 9.97 Å². The molecule has 0 bridgehead atoms. The molecule has 1 heterocycles. The van der Waals surface area contributed by atoms with Gasteiger partial charge in [0.25, 0.3) is 0 Å². The highest BCUT2D eigenvalue weighted by atomic mass is 16.5. The van der Waals surface area contributed by atoms with Crippen molar-refractivity contribution < 1.29 is 4.74 Å². The van der Waals surface area contributed by atoms with Crippen molar-refractivity contribution in [1.29, 1.82) is 5.26 Å². The first kappa shape index (κ1) is 12.6. The highest BCUT2D eigenvalue weighted by Gasteiger charge is 2.11. The highest BCUT2D eigenvalue weighted by Crippen LogP contribution is 2.31. The van der Waals surface area contributed by atoms with Crippen molar-refractivity contribution in [2.45, 2.75) is 13.8 Å². The molecule has 2 rings (SSSR count). The molecule has 0 atom stereocenters. The molecular formula is C13H13N5O. The maximum absolute atomic E-state index is 8.90. The third-order valence-corrected chi connectivity index (χ3v) is 2.59. The fraction of sp³-hybridized carbons (Fsp3) is 0.154. The molecule has 0 radical (unpaired) electrons. The Morgan fingerprint density at radius 2 is 1.84 bits per heavy atom. The molecule has 4 N–H and O–H groups in total. The second-order valence-electron chi connectivity index (χ2n) is 4.14. The van der Waals surface area contributed by atoms with Gasteiger partial charge in [-0.15, -0.1) is 0 Å². The van der Waals surface area contributed by atoms with Gasteiger partial charge in [0.1, 0.15) is 11.4 Å². The summed E-state index contributed by atoms with van der Waals surface area (Å²) < 4.78 is 5.69. The quantitative estimate of drug-likeness (QED) is 0.848. The second-order valence-corrected chi connectivity index (χ2v) is 4.14. The largest absolute Gasteiger partial charge is 0.436 e. The molecule has 0 saturated carbocycles. The fourth-order valence-electron chi connectivity index (χ4n) is 1.74. The van der Waals surface area contributed by atoms with Gasteiger partial charge >= 0.3 is 0 Å². The van der Waals surface area contributed by atoms with E-state index in [1.807, 2.05) is 13.8 Å². The number of ether oxygens (including phenoxy) is 1. The van der Waals surface area contributed by atoms with E-state index in [1.54, 1.807) is 12.1 Å². The first-order chi connectivity index (χ1) is 9.01. The summed E-state index contributed by atoms with van der Waals surface area (Å²) in [4.78, 5) is 7.72. The van der Waals surface area contributed by atoms with Gasteiger partial charge < -0.3 is 16.2 Å². The van der Waals surface area contributed by atoms with E-state index in [-0.39, 0.29) is 11.8 Å². The second kappa shape index (κ2) is 4.82. The van der Waals surface area contributed by atoms with Gasteiger partial charge in [-0.2, -0.15) is 10.2 Å². The van der Waals surface area contributed by atoms with Gasteiger partial charge in [0.2, 0.25) is 11.8 Å². The summed E-state index contributed by atoms with van der Waals surface area (Å²) in [6.07, 6.45) is 1.39. The minimum absolute atomic E-state index is 0.0909. The van der Waals surface area contributed by atoms with Crippen LogP contribution in [0.15, 0.2) is 18.3 Å². The van der Waals surface area contributed by atoms with Crippen LogP contribution in [0.4, 0.5) is 11.6 Å². The van der Waals surface area contributed by atoms with Crippen LogP contribution in [0.25, 0.3) is 0 Å². The van der Waals surface area contributed by atoms with Gasteiger partial charge in [-0.25, -0.2) is 4.98 Å². The Labute approximate surface area is 110 Å². The number of aromatic nitrogens is 2. The molecule has 0 aliphatic rings. The maximum atomic E-state index is 8.90. The smallest absolute Gasteiger partial charge is 0.247 e. The number of nitrogens with zero attached hydrogens (tertiary/aromatic N) is 3. The SMILES string of the molecule is Cc1cc(C#N)cc(C)c1Oc1nc(N)ncc1N. The summed E-state index contributed by atoms with van der Waals surface area (Å²) in [5.41, 5.74) is 13.8. The lowest BCUT2D eigenvalue weighted by molar-refractivity contribution is 0.458. The molecule has 0 fully saturated rings. The molecule has 96 valence electrons. The predicted molar refractivity (Wildman–Crippen MR) is 71.6 cm³/mol. The summed E-state index contributed by atoms with van der Waals surface area (Å²) in [5, 5.41) is 8.90. The summed E-state index contributed by atoms with van der Waals surface area (Å²) in [5.74, 6) is 0.917. The third-order valence-electron chi connectivity index (χ3n) is 2.59. The zero-order valence-electron chi connectivity index (χ0n) is 10.6. The summed E-state index contributed by atoms with van der Waals surface area (Å²) in [7, 11) is 0. The first-order valence-corrected chi connectivity index (χ1v) is 5.58. The van der Waals surface area contributed by atoms with E-state index in [9.17, 15) is 0 Å². The molecule has 1 aromatic carbocycles. The van der Waals surface area contributed by atoms with Gasteiger partial charge in [-0.1, -0.05) is 0 Å². The Morgan fingerprint density at radius 3 is 2.42 bits per heavy atom. The molecule has 0 aliphatic heterocycles. The molecule has 1 aromatic heterocycles. The normalized spacial score (nSPS) is 9.95. The van der Waals surface area contributed by atoms with Gasteiger partial charge in [0, 0.05) is 0 Å². The van der Waals surface area contributed by atoms with E-state index in [4.69, 9.17) is 21.5 Å². The number of hydrogen-bond donors (Lipinski definition) is 2. The van der Waals surface area contributed by atoms with Crippen LogP contribution in [0.5, 0.6) is 11.6 Å². The molecule has 19 heavy (non-hydrogen) atoms. The van der Waals surface area contributed by atoms with E-state index in [0.29, 0.717) is 17.0 Å². The molecular weight excluding hydrogens is 242 g/mol. The molecule has 2 aromatic rings. The minimum Gasteiger partial charge on any atom is -0.436 e. The van der Waals surface area contributed by atoms with Crippen LogP contribution < -0.4 is 16.2 Å². The average molecular weight is 255 g/mol. The highest BCUT2D eigenvalue weighted by molar-refractivity contribution is 5.53. The van der Waals surface area contributed by atoms with Crippen LogP contribution in [0.1, 0.15) is 16.7 Å². The molecule has 0 amide bonds. The zero-order chi connectivity index (χ0) is 14.0. The number of nitrogen functional groups attached to an aromatic ring is 2. The zero-order valence-corrected chi connectivity index (χ0v) is 10.6. The van der Waals surface area contributed by atoms with Crippen molar-refractivity contribution >= 4 is 11.6 Å². The summed E-state index contributed by atoms with van der Waals surface area (Å²) >= 11 is 0. The summed E-state index contributed by atoms with van der Waals surface area (Å²) in [6.45, 7) is 3.70.